The van der Waals surface area contributed by atoms with Crippen LogP contribution < -0.4 is 5.73 Å². The number of aromatic nitrogens is 1. The molecule has 2 rings (SSSR count). The van der Waals surface area contributed by atoms with E-state index in [-0.39, 0.29) is 11.3 Å². The van der Waals surface area contributed by atoms with Crippen molar-refractivity contribution in [2.45, 2.75) is 33.1 Å². The van der Waals surface area contributed by atoms with Crippen molar-refractivity contribution in [2.24, 2.45) is 11.1 Å². The number of nitrogens with zero attached hydrogens (tertiary/aromatic N) is 2. The lowest BCUT2D eigenvalue weighted by Gasteiger charge is -2.22. The average Bonchev–Trinajstić information content (AvgIpc) is 2.96. The van der Waals surface area contributed by atoms with Crippen molar-refractivity contribution >= 4 is 17.2 Å². The summed E-state index contributed by atoms with van der Waals surface area (Å²) in [6.07, 6.45) is 2.37. The lowest BCUT2D eigenvalue weighted by atomic mass is 9.90. The lowest BCUT2D eigenvalue weighted by molar-refractivity contribution is -0.129. The van der Waals surface area contributed by atoms with Gasteiger partial charge in [-0.2, -0.15) is 0 Å². The largest absolute Gasteiger partial charge is 0.342 e. The first-order valence-corrected chi connectivity index (χ1v) is 7.35. The summed E-state index contributed by atoms with van der Waals surface area (Å²) >= 11 is 1.64. The van der Waals surface area contributed by atoms with Crippen molar-refractivity contribution < 1.29 is 4.79 Å². The molecule has 0 radical (unpaired) electrons. The summed E-state index contributed by atoms with van der Waals surface area (Å²) in [6.45, 7) is 6.49. The summed E-state index contributed by atoms with van der Waals surface area (Å²) in [5.41, 5.74) is 6.76. The SMILES string of the molecule is CCc1nc(CC(=O)N2CCC(C)(CN)C2)cs1. The topological polar surface area (TPSA) is 59.2 Å². The number of likely N-dealkylation sites (tertiary alicyclic amines) is 1. The van der Waals surface area contributed by atoms with E-state index in [0.717, 1.165) is 36.6 Å². The highest BCUT2D eigenvalue weighted by molar-refractivity contribution is 7.09. The van der Waals surface area contributed by atoms with Gasteiger partial charge in [-0.1, -0.05) is 13.8 Å². The maximum atomic E-state index is 12.2. The molecule has 1 aliphatic rings. The highest BCUT2D eigenvalue weighted by atomic mass is 32.1. The Morgan fingerprint density at radius 2 is 2.44 bits per heavy atom. The summed E-state index contributed by atoms with van der Waals surface area (Å²) in [5, 5.41) is 3.10. The molecule has 2 heterocycles. The van der Waals surface area contributed by atoms with Crippen LogP contribution in [0.2, 0.25) is 0 Å². The molecule has 1 fully saturated rings. The Morgan fingerprint density at radius 3 is 3.00 bits per heavy atom. The smallest absolute Gasteiger partial charge is 0.228 e. The fraction of sp³-hybridized carbons (Fsp3) is 0.692. The van der Waals surface area contributed by atoms with E-state index >= 15 is 0 Å². The van der Waals surface area contributed by atoms with Gasteiger partial charge in [0.05, 0.1) is 17.1 Å². The van der Waals surface area contributed by atoms with E-state index in [4.69, 9.17) is 5.73 Å². The molecular formula is C13H21N3OS. The standard InChI is InChI=1S/C13H21N3OS/c1-3-11-15-10(7-18-11)6-12(17)16-5-4-13(2,8-14)9-16/h7H,3-6,8-9,14H2,1-2H3. The van der Waals surface area contributed by atoms with Crippen LogP contribution in [-0.4, -0.2) is 35.4 Å². The molecule has 0 aliphatic carbocycles. The molecular weight excluding hydrogens is 246 g/mol. The number of rotatable bonds is 4. The monoisotopic (exact) mass is 267 g/mol. The van der Waals surface area contributed by atoms with Crippen LogP contribution in [0.3, 0.4) is 0 Å². The van der Waals surface area contributed by atoms with Crippen LogP contribution in [-0.2, 0) is 17.6 Å². The second-order valence-corrected chi connectivity index (χ2v) is 6.29. The van der Waals surface area contributed by atoms with Gasteiger partial charge in [-0.25, -0.2) is 4.98 Å². The molecule has 100 valence electrons. The number of carbonyl (C=O) groups is 1. The molecule has 1 atom stereocenters. The third kappa shape index (κ3) is 2.90. The van der Waals surface area contributed by atoms with E-state index in [9.17, 15) is 4.79 Å². The average molecular weight is 267 g/mol. The minimum absolute atomic E-state index is 0.103. The van der Waals surface area contributed by atoms with Gasteiger partial charge >= 0.3 is 0 Å². The predicted molar refractivity (Wildman–Crippen MR) is 73.6 cm³/mol. The van der Waals surface area contributed by atoms with Crippen molar-refractivity contribution in [3.05, 3.63) is 16.1 Å². The van der Waals surface area contributed by atoms with Gasteiger partial charge in [0, 0.05) is 18.5 Å². The van der Waals surface area contributed by atoms with E-state index < -0.39 is 0 Å². The van der Waals surface area contributed by atoms with Crippen molar-refractivity contribution in [1.29, 1.82) is 0 Å². The molecule has 0 bridgehead atoms. The number of carbonyl (C=O) groups excluding carboxylic acids is 1. The van der Waals surface area contributed by atoms with Crippen molar-refractivity contribution in [1.82, 2.24) is 9.88 Å². The summed E-state index contributed by atoms with van der Waals surface area (Å²) in [5.74, 6) is 0.181. The number of thiazole rings is 1. The van der Waals surface area contributed by atoms with Gasteiger partial charge in [0.15, 0.2) is 0 Å². The number of hydrogen-bond acceptors (Lipinski definition) is 4. The molecule has 0 aromatic carbocycles. The van der Waals surface area contributed by atoms with Crippen molar-refractivity contribution in [2.75, 3.05) is 19.6 Å². The molecule has 5 heteroatoms. The first kappa shape index (κ1) is 13.5. The van der Waals surface area contributed by atoms with Gasteiger partial charge in [0.25, 0.3) is 0 Å². The fourth-order valence-corrected chi connectivity index (χ4v) is 3.01. The Kier molecular flexibility index (Phi) is 4.02. The Labute approximate surface area is 112 Å². The van der Waals surface area contributed by atoms with Gasteiger partial charge in [-0.15, -0.1) is 11.3 Å². The van der Waals surface area contributed by atoms with Crippen LogP contribution >= 0.6 is 11.3 Å². The molecule has 1 saturated heterocycles. The molecule has 1 amide bonds. The van der Waals surface area contributed by atoms with Crippen molar-refractivity contribution in [3.8, 4) is 0 Å². The molecule has 1 aliphatic heterocycles. The van der Waals surface area contributed by atoms with Crippen LogP contribution in [0, 0.1) is 5.41 Å². The van der Waals surface area contributed by atoms with Gasteiger partial charge in [-0.3, -0.25) is 4.79 Å². The minimum Gasteiger partial charge on any atom is -0.342 e. The highest BCUT2D eigenvalue weighted by Crippen LogP contribution is 2.28. The van der Waals surface area contributed by atoms with E-state index in [2.05, 4.69) is 18.8 Å². The molecule has 0 spiro atoms. The maximum absolute atomic E-state index is 12.2. The number of amides is 1. The van der Waals surface area contributed by atoms with Crippen molar-refractivity contribution in [3.63, 3.8) is 0 Å². The molecule has 4 nitrogen and oxygen atoms in total. The zero-order valence-corrected chi connectivity index (χ0v) is 11.9. The predicted octanol–water partition coefficient (Wildman–Crippen LogP) is 1.45. The normalized spacial score (nSPS) is 23.6. The number of hydrogen-bond donors (Lipinski definition) is 1. The Hall–Kier alpha value is -0.940. The third-order valence-electron chi connectivity index (χ3n) is 3.64. The second kappa shape index (κ2) is 5.36. The summed E-state index contributed by atoms with van der Waals surface area (Å²) < 4.78 is 0. The van der Waals surface area contributed by atoms with Crippen LogP contribution in [0.25, 0.3) is 0 Å². The zero-order valence-electron chi connectivity index (χ0n) is 11.1. The highest BCUT2D eigenvalue weighted by Gasteiger charge is 2.34. The van der Waals surface area contributed by atoms with Gasteiger partial charge in [0.1, 0.15) is 0 Å². The fourth-order valence-electron chi connectivity index (χ4n) is 2.26. The molecule has 18 heavy (non-hydrogen) atoms. The molecule has 1 aromatic rings. The first-order chi connectivity index (χ1) is 8.56. The molecule has 0 saturated carbocycles. The molecule has 2 N–H and O–H groups in total. The van der Waals surface area contributed by atoms with Gasteiger partial charge < -0.3 is 10.6 Å². The Bertz CT molecular complexity index is 432. The lowest BCUT2D eigenvalue weighted by Crippen LogP contribution is -2.35. The maximum Gasteiger partial charge on any atom is 0.228 e. The molecule has 1 unspecified atom stereocenters. The number of nitrogens with two attached hydrogens (primary N) is 1. The molecule has 1 aromatic heterocycles. The summed E-state index contributed by atoms with van der Waals surface area (Å²) in [6, 6.07) is 0. The summed E-state index contributed by atoms with van der Waals surface area (Å²) in [4.78, 5) is 18.5. The van der Waals surface area contributed by atoms with E-state index in [0.29, 0.717) is 13.0 Å². The van der Waals surface area contributed by atoms with E-state index in [1.54, 1.807) is 11.3 Å². The Balaban J connectivity index is 1.93. The first-order valence-electron chi connectivity index (χ1n) is 6.47. The van der Waals surface area contributed by atoms with Gasteiger partial charge in [0.2, 0.25) is 5.91 Å². The van der Waals surface area contributed by atoms with Crippen LogP contribution in [0.1, 0.15) is 31.0 Å². The van der Waals surface area contributed by atoms with Crippen LogP contribution in [0.15, 0.2) is 5.38 Å². The third-order valence-corrected chi connectivity index (χ3v) is 4.68. The summed E-state index contributed by atoms with van der Waals surface area (Å²) in [7, 11) is 0. The quantitative estimate of drug-likeness (QED) is 0.898. The zero-order chi connectivity index (χ0) is 13.2. The Morgan fingerprint density at radius 1 is 1.67 bits per heavy atom. The van der Waals surface area contributed by atoms with Gasteiger partial charge in [-0.05, 0) is 24.8 Å². The van der Waals surface area contributed by atoms with E-state index in [1.165, 1.54) is 0 Å². The van der Waals surface area contributed by atoms with Crippen LogP contribution in [0.5, 0.6) is 0 Å². The minimum atomic E-state index is 0.103. The van der Waals surface area contributed by atoms with E-state index in [1.807, 2.05) is 10.3 Å². The van der Waals surface area contributed by atoms with Crippen LogP contribution in [0.4, 0.5) is 0 Å². The second-order valence-electron chi connectivity index (χ2n) is 5.34. The number of aryl methyl sites for hydroxylation is 1.